The van der Waals surface area contributed by atoms with E-state index in [4.69, 9.17) is 5.73 Å². The van der Waals surface area contributed by atoms with Gasteiger partial charge in [0, 0.05) is 5.69 Å². The van der Waals surface area contributed by atoms with Crippen molar-refractivity contribution >= 4 is 11.7 Å². The summed E-state index contributed by atoms with van der Waals surface area (Å²) in [6.45, 7) is 5.39. The highest BCUT2D eigenvalue weighted by Gasteiger charge is 2.27. The standard InChI is InChI=1S/C13H19NO4/c1-4-18-13(17)12(16)11(15)9-5-7(2)10(14)8(3)6-9/h5-6,11-12,15-16H,4,14H2,1-3H3. The molecule has 0 aliphatic rings. The molecule has 1 aromatic carbocycles. The second-order valence-electron chi connectivity index (χ2n) is 4.21. The molecule has 0 bridgehead atoms. The van der Waals surface area contributed by atoms with Crippen molar-refractivity contribution in [1.29, 1.82) is 0 Å². The maximum Gasteiger partial charge on any atom is 0.338 e. The van der Waals surface area contributed by atoms with Crippen molar-refractivity contribution in [2.75, 3.05) is 12.3 Å². The number of anilines is 1. The zero-order valence-corrected chi connectivity index (χ0v) is 10.8. The molecule has 0 saturated heterocycles. The molecular weight excluding hydrogens is 234 g/mol. The molecule has 0 amide bonds. The number of hydrogen-bond donors (Lipinski definition) is 3. The number of aliphatic hydroxyl groups excluding tert-OH is 2. The van der Waals surface area contributed by atoms with Crippen LogP contribution in [-0.4, -0.2) is 28.9 Å². The molecule has 0 aliphatic carbocycles. The molecule has 4 N–H and O–H groups in total. The normalized spacial score (nSPS) is 14.1. The summed E-state index contributed by atoms with van der Waals surface area (Å²) in [7, 11) is 0. The zero-order valence-electron chi connectivity index (χ0n) is 10.8. The summed E-state index contributed by atoms with van der Waals surface area (Å²) in [5.41, 5.74) is 8.46. The number of hydrogen-bond acceptors (Lipinski definition) is 5. The average Bonchev–Trinajstić information content (AvgIpc) is 2.33. The molecule has 2 unspecified atom stereocenters. The predicted octanol–water partition coefficient (Wildman–Crippen LogP) is 0.843. The number of nitrogens with two attached hydrogens (primary N) is 1. The van der Waals surface area contributed by atoms with E-state index >= 15 is 0 Å². The summed E-state index contributed by atoms with van der Waals surface area (Å²) in [5, 5.41) is 19.6. The minimum atomic E-state index is -1.59. The largest absolute Gasteiger partial charge is 0.464 e. The van der Waals surface area contributed by atoms with Gasteiger partial charge in [0.05, 0.1) is 6.61 Å². The van der Waals surface area contributed by atoms with Gasteiger partial charge in [-0.3, -0.25) is 0 Å². The second kappa shape index (κ2) is 5.84. The lowest BCUT2D eigenvalue weighted by Gasteiger charge is -2.18. The Bertz CT molecular complexity index is 422. The van der Waals surface area contributed by atoms with Gasteiger partial charge in [-0.25, -0.2) is 4.79 Å². The van der Waals surface area contributed by atoms with E-state index in [1.165, 1.54) is 0 Å². The molecule has 0 radical (unpaired) electrons. The molecule has 0 aromatic heterocycles. The van der Waals surface area contributed by atoms with E-state index in [1.54, 1.807) is 32.9 Å². The summed E-state index contributed by atoms with van der Waals surface area (Å²) >= 11 is 0. The van der Waals surface area contributed by atoms with Crippen LogP contribution in [0.25, 0.3) is 0 Å². The van der Waals surface area contributed by atoms with E-state index in [1.807, 2.05) is 0 Å². The van der Waals surface area contributed by atoms with Crippen LogP contribution < -0.4 is 5.73 Å². The lowest BCUT2D eigenvalue weighted by atomic mass is 9.98. The van der Waals surface area contributed by atoms with Gasteiger partial charge in [-0.15, -0.1) is 0 Å². The number of esters is 1. The Labute approximate surface area is 106 Å². The van der Waals surface area contributed by atoms with Gasteiger partial charge in [0.15, 0.2) is 6.10 Å². The molecule has 1 aromatic rings. The van der Waals surface area contributed by atoms with E-state index in [-0.39, 0.29) is 6.61 Å². The van der Waals surface area contributed by atoms with Crippen LogP contribution in [0.1, 0.15) is 29.7 Å². The fourth-order valence-corrected chi connectivity index (χ4v) is 1.72. The molecule has 1 rings (SSSR count). The van der Waals surface area contributed by atoms with Crippen molar-refractivity contribution in [2.24, 2.45) is 0 Å². The third-order valence-electron chi connectivity index (χ3n) is 2.78. The first-order chi connectivity index (χ1) is 8.38. The lowest BCUT2D eigenvalue weighted by Crippen LogP contribution is -2.30. The van der Waals surface area contributed by atoms with Crippen molar-refractivity contribution in [3.8, 4) is 0 Å². The topological polar surface area (TPSA) is 92.8 Å². The Morgan fingerprint density at radius 3 is 2.28 bits per heavy atom. The van der Waals surface area contributed by atoms with Crippen LogP contribution in [0.15, 0.2) is 12.1 Å². The quantitative estimate of drug-likeness (QED) is 0.546. The molecule has 0 heterocycles. The molecule has 0 aliphatic heterocycles. The number of benzene rings is 1. The summed E-state index contributed by atoms with van der Waals surface area (Å²) in [5.74, 6) is -0.836. The first-order valence-corrected chi connectivity index (χ1v) is 5.77. The van der Waals surface area contributed by atoms with Crippen LogP contribution in [0.2, 0.25) is 0 Å². The number of carbonyl (C=O) groups is 1. The molecule has 2 atom stereocenters. The van der Waals surface area contributed by atoms with Gasteiger partial charge in [-0.1, -0.05) is 12.1 Å². The van der Waals surface area contributed by atoms with E-state index in [0.717, 1.165) is 11.1 Å². The van der Waals surface area contributed by atoms with E-state index in [0.29, 0.717) is 11.3 Å². The third kappa shape index (κ3) is 3.00. The first-order valence-electron chi connectivity index (χ1n) is 5.77. The lowest BCUT2D eigenvalue weighted by molar-refractivity contribution is -0.159. The van der Waals surface area contributed by atoms with Crippen LogP contribution in [0.5, 0.6) is 0 Å². The molecular formula is C13H19NO4. The van der Waals surface area contributed by atoms with Crippen molar-refractivity contribution in [3.63, 3.8) is 0 Å². The Morgan fingerprint density at radius 1 is 1.33 bits per heavy atom. The Balaban J connectivity index is 2.97. The van der Waals surface area contributed by atoms with Crippen molar-refractivity contribution in [3.05, 3.63) is 28.8 Å². The fourth-order valence-electron chi connectivity index (χ4n) is 1.72. The summed E-state index contributed by atoms with van der Waals surface area (Å²) < 4.78 is 4.66. The number of carbonyl (C=O) groups excluding carboxylic acids is 1. The SMILES string of the molecule is CCOC(=O)C(O)C(O)c1cc(C)c(N)c(C)c1. The average molecular weight is 253 g/mol. The number of nitrogen functional groups attached to an aromatic ring is 1. The number of rotatable bonds is 4. The van der Waals surface area contributed by atoms with Gasteiger partial charge in [-0.05, 0) is 37.5 Å². The van der Waals surface area contributed by atoms with Crippen molar-refractivity contribution in [2.45, 2.75) is 33.0 Å². The zero-order chi connectivity index (χ0) is 13.9. The van der Waals surface area contributed by atoms with Crippen LogP contribution in [0, 0.1) is 13.8 Å². The highest BCUT2D eigenvalue weighted by atomic mass is 16.5. The monoisotopic (exact) mass is 253 g/mol. The maximum absolute atomic E-state index is 11.3. The third-order valence-corrected chi connectivity index (χ3v) is 2.78. The number of aliphatic hydroxyl groups is 2. The molecule has 5 nitrogen and oxygen atoms in total. The molecule has 5 heteroatoms. The van der Waals surface area contributed by atoms with Crippen LogP contribution in [-0.2, 0) is 9.53 Å². The predicted molar refractivity (Wildman–Crippen MR) is 67.9 cm³/mol. The summed E-state index contributed by atoms with van der Waals surface area (Å²) in [6, 6.07) is 3.30. The number of aryl methyl sites for hydroxylation is 2. The molecule has 18 heavy (non-hydrogen) atoms. The molecule has 0 spiro atoms. The minimum Gasteiger partial charge on any atom is -0.464 e. The van der Waals surface area contributed by atoms with Crippen LogP contribution >= 0.6 is 0 Å². The van der Waals surface area contributed by atoms with Crippen molar-refractivity contribution in [1.82, 2.24) is 0 Å². The van der Waals surface area contributed by atoms with Gasteiger partial charge in [0.2, 0.25) is 0 Å². The Hall–Kier alpha value is -1.59. The number of ether oxygens (including phenoxy) is 1. The van der Waals surface area contributed by atoms with Gasteiger partial charge in [0.1, 0.15) is 6.10 Å². The van der Waals surface area contributed by atoms with E-state index in [2.05, 4.69) is 4.74 Å². The van der Waals surface area contributed by atoms with Crippen LogP contribution in [0.3, 0.4) is 0 Å². The second-order valence-corrected chi connectivity index (χ2v) is 4.21. The molecule has 100 valence electrons. The Morgan fingerprint density at radius 2 is 1.83 bits per heavy atom. The fraction of sp³-hybridized carbons (Fsp3) is 0.462. The minimum absolute atomic E-state index is 0.155. The van der Waals surface area contributed by atoms with Gasteiger partial charge in [0.25, 0.3) is 0 Å². The highest BCUT2D eigenvalue weighted by molar-refractivity contribution is 5.75. The molecule has 0 fully saturated rings. The van der Waals surface area contributed by atoms with E-state index in [9.17, 15) is 15.0 Å². The molecule has 0 saturated carbocycles. The van der Waals surface area contributed by atoms with E-state index < -0.39 is 18.2 Å². The summed E-state index contributed by atoms with van der Waals surface area (Å²) in [6.07, 6.45) is -2.91. The van der Waals surface area contributed by atoms with Gasteiger partial charge >= 0.3 is 5.97 Å². The maximum atomic E-state index is 11.3. The van der Waals surface area contributed by atoms with Gasteiger partial charge in [-0.2, -0.15) is 0 Å². The smallest absolute Gasteiger partial charge is 0.338 e. The highest BCUT2D eigenvalue weighted by Crippen LogP contribution is 2.25. The first kappa shape index (κ1) is 14.5. The van der Waals surface area contributed by atoms with Crippen molar-refractivity contribution < 1.29 is 19.7 Å². The van der Waals surface area contributed by atoms with Gasteiger partial charge < -0.3 is 20.7 Å². The summed E-state index contributed by atoms with van der Waals surface area (Å²) in [4.78, 5) is 11.3. The van der Waals surface area contributed by atoms with Crippen LogP contribution in [0.4, 0.5) is 5.69 Å². The Kier molecular flexibility index (Phi) is 4.69.